The molecule has 5 rings (SSSR count). The summed E-state index contributed by atoms with van der Waals surface area (Å²) in [6, 6.07) is 20.0. The molecule has 0 radical (unpaired) electrons. The van der Waals surface area contributed by atoms with Crippen LogP contribution in [0.25, 0.3) is 0 Å². The zero-order valence-corrected chi connectivity index (χ0v) is 28.1. The monoisotopic (exact) mass is 642 g/mol. The molecule has 1 aliphatic heterocycles. The molecule has 242 valence electrons. The number of amides is 1. The predicted molar refractivity (Wildman–Crippen MR) is 184 cm³/mol. The van der Waals surface area contributed by atoms with Crippen molar-refractivity contribution in [2.75, 3.05) is 57.4 Å². The first-order valence-corrected chi connectivity index (χ1v) is 16.9. The molecule has 0 aromatic heterocycles. The number of nitrogens with zero attached hydrogens (tertiary/aromatic N) is 6. The summed E-state index contributed by atoms with van der Waals surface area (Å²) in [4.78, 5) is 20.7. The molecule has 9 heteroatoms. The van der Waals surface area contributed by atoms with Crippen molar-refractivity contribution in [1.82, 2.24) is 14.7 Å². The van der Waals surface area contributed by atoms with Crippen LogP contribution in [-0.2, 0) is 6.42 Å². The lowest BCUT2D eigenvalue weighted by Gasteiger charge is -2.31. The Morgan fingerprint density at radius 1 is 0.935 bits per heavy atom. The highest BCUT2D eigenvalue weighted by molar-refractivity contribution is 6.32. The molecule has 1 aliphatic carbocycles. The van der Waals surface area contributed by atoms with Crippen molar-refractivity contribution in [1.29, 1.82) is 5.26 Å². The second kappa shape index (κ2) is 15.2. The Kier molecular flexibility index (Phi) is 11.1. The number of benzene rings is 3. The minimum absolute atomic E-state index is 0.0635. The Morgan fingerprint density at radius 3 is 2.17 bits per heavy atom. The van der Waals surface area contributed by atoms with E-state index in [1.807, 2.05) is 34.2 Å². The van der Waals surface area contributed by atoms with Gasteiger partial charge in [-0.1, -0.05) is 57.5 Å². The number of hydrogen-bond acceptors (Lipinski definition) is 6. The summed E-state index contributed by atoms with van der Waals surface area (Å²) in [7, 11) is 0. The third kappa shape index (κ3) is 7.12. The number of aryl methyl sites for hydroxylation is 1. The van der Waals surface area contributed by atoms with Crippen LogP contribution in [0.3, 0.4) is 0 Å². The van der Waals surface area contributed by atoms with Crippen LogP contribution >= 0.6 is 11.6 Å². The first kappa shape index (κ1) is 33.6. The lowest BCUT2D eigenvalue weighted by atomic mass is 9.77. The SMILES string of the molecule is CCN(CC)CCN(CCN(CC)CC)C(=O)c1ccc2c(c1)CCC1C2=NN(c2ccc(C#N)c(Cl)c2)C1c1ccc(F)cc1. The number of carbonyl (C=O) groups is 1. The van der Waals surface area contributed by atoms with Gasteiger partial charge in [-0.15, -0.1) is 0 Å². The fraction of sp³-hybridized carbons (Fsp3) is 0.432. The number of hydrazone groups is 1. The zero-order valence-electron chi connectivity index (χ0n) is 27.3. The quantitative estimate of drug-likeness (QED) is 0.201. The van der Waals surface area contributed by atoms with Gasteiger partial charge in [0.1, 0.15) is 11.9 Å². The molecule has 2 aliphatic rings. The third-order valence-corrected chi connectivity index (χ3v) is 9.87. The first-order valence-electron chi connectivity index (χ1n) is 16.5. The molecule has 0 saturated heterocycles. The number of likely N-dealkylation sites (N-methyl/N-ethyl adjacent to an activating group) is 2. The zero-order chi connectivity index (χ0) is 32.8. The van der Waals surface area contributed by atoms with Crippen LogP contribution < -0.4 is 5.01 Å². The number of carbonyl (C=O) groups excluding carboxylic acids is 1. The second-order valence-corrected chi connectivity index (χ2v) is 12.4. The van der Waals surface area contributed by atoms with Crippen molar-refractivity contribution in [3.8, 4) is 6.07 Å². The van der Waals surface area contributed by atoms with Gasteiger partial charge in [0, 0.05) is 43.2 Å². The van der Waals surface area contributed by atoms with Crippen molar-refractivity contribution in [3.05, 3.63) is 99.3 Å². The summed E-state index contributed by atoms with van der Waals surface area (Å²) >= 11 is 6.45. The summed E-state index contributed by atoms with van der Waals surface area (Å²) in [6.45, 7) is 15.5. The number of hydrogen-bond donors (Lipinski definition) is 0. The van der Waals surface area contributed by atoms with Gasteiger partial charge in [-0.3, -0.25) is 9.80 Å². The highest BCUT2D eigenvalue weighted by atomic mass is 35.5. The summed E-state index contributed by atoms with van der Waals surface area (Å²) in [5.74, 6) is -0.158. The van der Waals surface area contributed by atoms with Gasteiger partial charge < -0.3 is 14.7 Å². The Balaban J connectivity index is 1.46. The van der Waals surface area contributed by atoms with Gasteiger partial charge >= 0.3 is 0 Å². The van der Waals surface area contributed by atoms with E-state index in [0.29, 0.717) is 29.2 Å². The van der Waals surface area contributed by atoms with E-state index in [1.165, 1.54) is 12.1 Å². The smallest absolute Gasteiger partial charge is 0.253 e. The van der Waals surface area contributed by atoms with Gasteiger partial charge in [0.25, 0.3) is 5.91 Å². The summed E-state index contributed by atoms with van der Waals surface area (Å²) in [5.41, 5.74) is 5.95. The summed E-state index contributed by atoms with van der Waals surface area (Å²) < 4.78 is 13.9. The maximum Gasteiger partial charge on any atom is 0.253 e. The molecule has 0 N–H and O–H groups in total. The van der Waals surface area contributed by atoms with E-state index in [0.717, 1.165) is 80.2 Å². The molecule has 1 heterocycles. The van der Waals surface area contributed by atoms with Gasteiger partial charge in [0.15, 0.2) is 0 Å². The molecule has 1 amide bonds. The van der Waals surface area contributed by atoms with Crippen molar-refractivity contribution >= 4 is 28.9 Å². The van der Waals surface area contributed by atoms with E-state index in [4.69, 9.17) is 16.7 Å². The van der Waals surface area contributed by atoms with E-state index < -0.39 is 0 Å². The Hall–Kier alpha value is -3.77. The van der Waals surface area contributed by atoms with Gasteiger partial charge in [-0.25, -0.2) is 4.39 Å². The van der Waals surface area contributed by atoms with Gasteiger partial charge in [0.2, 0.25) is 0 Å². The van der Waals surface area contributed by atoms with Crippen LogP contribution in [0.15, 0.2) is 65.8 Å². The average Bonchev–Trinajstić information content (AvgIpc) is 3.48. The molecule has 2 atom stereocenters. The lowest BCUT2D eigenvalue weighted by molar-refractivity contribution is 0.0717. The maximum absolute atomic E-state index is 14.0. The third-order valence-electron chi connectivity index (χ3n) is 9.56. The van der Waals surface area contributed by atoms with Gasteiger partial charge in [0.05, 0.1) is 28.0 Å². The highest BCUT2D eigenvalue weighted by Crippen LogP contribution is 2.46. The van der Waals surface area contributed by atoms with E-state index in [1.54, 1.807) is 12.1 Å². The Morgan fingerprint density at radius 2 is 1.59 bits per heavy atom. The van der Waals surface area contributed by atoms with E-state index in [-0.39, 0.29) is 23.7 Å². The van der Waals surface area contributed by atoms with Crippen LogP contribution in [0.1, 0.15) is 72.8 Å². The van der Waals surface area contributed by atoms with Gasteiger partial charge in [-0.2, -0.15) is 10.4 Å². The van der Waals surface area contributed by atoms with Crippen molar-refractivity contribution in [2.45, 2.75) is 46.6 Å². The van der Waals surface area contributed by atoms with E-state index in [2.05, 4.69) is 55.7 Å². The maximum atomic E-state index is 14.0. The molecule has 2 unspecified atom stereocenters. The van der Waals surface area contributed by atoms with Crippen molar-refractivity contribution in [2.24, 2.45) is 11.0 Å². The molecule has 46 heavy (non-hydrogen) atoms. The minimum atomic E-state index is -0.287. The van der Waals surface area contributed by atoms with Crippen LogP contribution in [-0.4, -0.2) is 78.7 Å². The van der Waals surface area contributed by atoms with Gasteiger partial charge in [-0.05, 0) is 92.6 Å². The average molecular weight is 643 g/mol. The van der Waals surface area contributed by atoms with Crippen molar-refractivity contribution < 1.29 is 9.18 Å². The largest absolute Gasteiger partial charge is 0.336 e. The lowest BCUT2D eigenvalue weighted by Crippen LogP contribution is -2.43. The molecule has 7 nitrogen and oxygen atoms in total. The number of rotatable bonds is 13. The fourth-order valence-electron chi connectivity index (χ4n) is 6.71. The number of fused-ring (bicyclic) bond motifs is 3. The molecule has 3 aromatic rings. The summed E-state index contributed by atoms with van der Waals surface area (Å²) in [6.07, 6.45) is 1.64. The highest BCUT2D eigenvalue weighted by Gasteiger charge is 2.42. The topological polar surface area (TPSA) is 66.2 Å². The van der Waals surface area contributed by atoms with Crippen LogP contribution in [0.2, 0.25) is 5.02 Å². The molecular weight excluding hydrogens is 599 g/mol. The Labute approximate surface area is 277 Å². The standard InChI is InChI=1S/C37H44ClFN6O/c1-5-42(6-2)19-21-44(22-20-43(7-3)8-4)37(46)28-13-17-32-27(23-28)12-18-33-35(32)41-45(31-16-11-29(25-40)34(38)24-31)36(33)26-9-14-30(39)15-10-26/h9-11,13-17,23-24,33,36H,5-8,12,18-22H2,1-4H3. The first-order chi connectivity index (χ1) is 22.3. The van der Waals surface area contributed by atoms with Crippen LogP contribution in [0, 0.1) is 23.1 Å². The van der Waals surface area contributed by atoms with Crippen LogP contribution in [0.4, 0.5) is 10.1 Å². The van der Waals surface area contributed by atoms with E-state index >= 15 is 0 Å². The number of halogens is 2. The van der Waals surface area contributed by atoms with Crippen molar-refractivity contribution in [3.63, 3.8) is 0 Å². The minimum Gasteiger partial charge on any atom is -0.336 e. The Bertz CT molecular complexity index is 1580. The van der Waals surface area contributed by atoms with E-state index in [9.17, 15) is 14.4 Å². The molecule has 0 spiro atoms. The fourth-order valence-corrected chi connectivity index (χ4v) is 6.92. The normalized spacial score (nSPS) is 17.1. The number of anilines is 1. The second-order valence-electron chi connectivity index (χ2n) is 12.0. The molecule has 0 bridgehead atoms. The molecule has 0 saturated carbocycles. The predicted octanol–water partition coefficient (Wildman–Crippen LogP) is 7.00. The molecule has 3 aromatic carbocycles. The molecule has 0 fully saturated rings. The summed E-state index contributed by atoms with van der Waals surface area (Å²) in [5, 5.41) is 16.9. The van der Waals surface area contributed by atoms with Crippen LogP contribution in [0.5, 0.6) is 0 Å². The molecular formula is C37H44ClFN6O. The number of nitriles is 1.